The summed E-state index contributed by atoms with van der Waals surface area (Å²) in [4.78, 5) is 0. The van der Waals surface area contributed by atoms with Crippen LogP contribution in [0.15, 0.2) is 27.9 Å². The highest BCUT2D eigenvalue weighted by Crippen LogP contribution is 1.99. The van der Waals surface area contributed by atoms with Gasteiger partial charge in [0.25, 0.3) is 0 Å². The van der Waals surface area contributed by atoms with Crippen molar-refractivity contribution in [2.45, 2.75) is 6.92 Å². The van der Waals surface area contributed by atoms with Gasteiger partial charge < -0.3 is 4.42 Å². The van der Waals surface area contributed by atoms with E-state index in [1.165, 1.54) is 0 Å². The molecule has 0 saturated heterocycles. The van der Waals surface area contributed by atoms with Crippen molar-refractivity contribution in [3.05, 3.63) is 24.2 Å². The predicted molar refractivity (Wildman–Crippen MR) is 45.3 cm³/mol. The first kappa shape index (κ1) is 8.32. The van der Waals surface area contributed by atoms with E-state index in [2.05, 4.69) is 10.2 Å². The fourth-order valence-electron chi connectivity index (χ4n) is 0.688. The number of hydrogen-bond acceptors (Lipinski definition) is 2. The first-order chi connectivity index (χ1) is 5.70. The summed E-state index contributed by atoms with van der Waals surface area (Å²) in [6.07, 6.45) is 1.57. The summed E-state index contributed by atoms with van der Waals surface area (Å²) < 4.78 is 5.07. The second-order valence-corrected chi connectivity index (χ2v) is 2.24. The third-order valence-corrected chi connectivity index (χ3v) is 1.23. The van der Waals surface area contributed by atoms with E-state index in [1.807, 2.05) is 0 Å². The minimum atomic E-state index is 0.0564. The highest BCUT2D eigenvalue weighted by molar-refractivity contribution is 5.95. The summed E-state index contributed by atoms with van der Waals surface area (Å²) in [6.45, 7) is 1.79. The number of hydrogen-bond donors (Lipinski definition) is 3. The van der Waals surface area contributed by atoms with Crippen molar-refractivity contribution in [3.8, 4) is 0 Å². The molecule has 64 valence electrons. The van der Waals surface area contributed by atoms with Crippen molar-refractivity contribution in [1.29, 1.82) is 0 Å². The molecule has 0 amide bonds. The van der Waals surface area contributed by atoms with Crippen LogP contribution < -0.4 is 16.6 Å². The van der Waals surface area contributed by atoms with E-state index in [9.17, 15) is 0 Å². The van der Waals surface area contributed by atoms with Crippen LogP contribution in [0.4, 0.5) is 0 Å². The Hall–Kier alpha value is -1.78. The summed E-state index contributed by atoms with van der Waals surface area (Å²) >= 11 is 0. The van der Waals surface area contributed by atoms with Gasteiger partial charge in [-0.3, -0.25) is 11.5 Å². The Morgan fingerprint density at radius 2 is 2.33 bits per heavy atom. The molecule has 0 aliphatic carbocycles. The molecule has 0 saturated carbocycles. The lowest BCUT2D eigenvalue weighted by Crippen LogP contribution is -2.72. The summed E-state index contributed by atoms with van der Waals surface area (Å²) in [5.74, 6) is 0.740. The zero-order valence-corrected chi connectivity index (χ0v) is 6.74. The smallest absolute Gasteiger partial charge is 0.362 e. The van der Waals surface area contributed by atoms with Crippen molar-refractivity contribution in [2.75, 3.05) is 0 Å². The molecule has 0 atom stereocenters. The highest BCUT2D eigenvalue weighted by atomic mass is 16.3. The number of guanidine groups is 1. The van der Waals surface area contributed by atoms with E-state index < -0.39 is 0 Å². The van der Waals surface area contributed by atoms with Crippen molar-refractivity contribution in [1.82, 2.24) is 0 Å². The number of nitrogens with one attached hydrogen (secondary N) is 1. The van der Waals surface area contributed by atoms with Crippen LogP contribution in [-0.2, 0) is 0 Å². The molecule has 0 aliphatic rings. The van der Waals surface area contributed by atoms with Crippen LogP contribution in [0.3, 0.4) is 0 Å². The van der Waals surface area contributed by atoms with E-state index in [0.29, 0.717) is 11.5 Å². The Bertz CT molecular complexity index is 295. The fraction of sp³-hybridized carbons (Fsp3) is 0.143. The van der Waals surface area contributed by atoms with Crippen LogP contribution >= 0.6 is 0 Å². The van der Waals surface area contributed by atoms with Crippen LogP contribution in [0.5, 0.6) is 0 Å². The lowest BCUT2D eigenvalue weighted by atomic mass is 10.3. The van der Waals surface area contributed by atoms with Crippen molar-refractivity contribution < 1.29 is 9.52 Å². The Kier molecular flexibility index (Phi) is 2.47. The largest absolute Gasteiger partial charge is 0.463 e. The van der Waals surface area contributed by atoms with Crippen LogP contribution in [-0.4, -0.2) is 11.7 Å². The first-order valence-corrected chi connectivity index (χ1v) is 3.42. The van der Waals surface area contributed by atoms with E-state index >= 15 is 0 Å². The second kappa shape index (κ2) is 3.56. The van der Waals surface area contributed by atoms with Crippen LogP contribution in [0.1, 0.15) is 12.7 Å². The molecule has 0 bridgehead atoms. The number of furan rings is 1. The average molecular weight is 167 g/mol. The van der Waals surface area contributed by atoms with Gasteiger partial charge in [0.2, 0.25) is 0 Å². The number of rotatable bonds is 2. The van der Waals surface area contributed by atoms with Gasteiger partial charge in [-0.1, -0.05) is 0 Å². The molecule has 5 nitrogen and oxygen atoms in total. The van der Waals surface area contributed by atoms with Gasteiger partial charge >= 0.3 is 5.96 Å². The van der Waals surface area contributed by atoms with E-state index in [-0.39, 0.29) is 5.96 Å². The van der Waals surface area contributed by atoms with Gasteiger partial charge in [0.05, 0.1) is 6.26 Å². The topological polar surface area (TPSA) is 91.5 Å². The molecule has 0 aromatic carbocycles. The minimum Gasteiger partial charge on any atom is -0.463 e. The van der Waals surface area contributed by atoms with Gasteiger partial charge in [-0.05, 0) is 19.1 Å². The van der Waals surface area contributed by atoms with Gasteiger partial charge in [-0.25, -0.2) is 0 Å². The molecule has 0 spiro atoms. The molecule has 0 radical (unpaired) electrons. The van der Waals surface area contributed by atoms with E-state index in [1.54, 1.807) is 25.3 Å². The van der Waals surface area contributed by atoms with Crippen LogP contribution in [0, 0.1) is 0 Å². The maximum absolute atomic E-state index is 5.14. The summed E-state index contributed by atoms with van der Waals surface area (Å²) in [5, 5.41) is 6.29. The standard InChI is InChI=1S/C7H10N4O/c1-5(10-11-7(8)9)6-3-2-4-12-6/h2-4H,1H3,(H4,8,9,11)/p+1/b10-5-. The Balaban J connectivity index is 2.78. The van der Waals surface area contributed by atoms with Gasteiger partial charge in [0.1, 0.15) is 5.71 Å². The molecule has 1 rings (SSSR count). The minimum absolute atomic E-state index is 0.0564. The molecule has 1 aromatic rings. The molecular weight excluding hydrogens is 156 g/mol. The molecule has 0 aliphatic heterocycles. The third kappa shape index (κ3) is 2.12. The lowest BCUT2D eigenvalue weighted by molar-refractivity contribution is -0.464. The number of hydrazone groups is 1. The Morgan fingerprint density at radius 3 is 2.83 bits per heavy atom. The van der Waals surface area contributed by atoms with Crippen LogP contribution in [0.2, 0.25) is 0 Å². The van der Waals surface area contributed by atoms with Gasteiger partial charge in [-0.15, -0.1) is 5.10 Å². The zero-order chi connectivity index (χ0) is 8.97. The summed E-state index contributed by atoms with van der Waals surface area (Å²) in [5.41, 5.74) is 11.0. The maximum atomic E-state index is 5.14. The Morgan fingerprint density at radius 1 is 1.58 bits per heavy atom. The molecule has 1 aromatic heterocycles. The molecule has 0 fully saturated rings. The highest BCUT2D eigenvalue weighted by Gasteiger charge is 1.98. The third-order valence-electron chi connectivity index (χ3n) is 1.23. The zero-order valence-electron chi connectivity index (χ0n) is 6.74. The monoisotopic (exact) mass is 167 g/mol. The van der Waals surface area contributed by atoms with Gasteiger partial charge in [0.15, 0.2) is 5.76 Å². The number of nitrogens with zero attached hydrogens (tertiary/aromatic N) is 1. The molecule has 5 heteroatoms. The van der Waals surface area contributed by atoms with E-state index in [0.717, 1.165) is 0 Å². The van der Waals surface area contributed by atoms with Crippen molar-refractivity contribution in [2.24, 2.45) is 16.6 Å². The van der Waals surface area contributed by atoms with Crippen LogP contribution in [0.25, 0.3) is 0 Å². The normalized spacial score (nSPS) is 11.2. The van der Waals surface area contributed by atoms with Gasteiger partial charge in [-0.2, -0.15) is 5.10 Å². The molecular formula is C7H11N4O+. The lowest BCUT2D eigenvalue weighted by Gasteiger charge is -1.89. The molecule has 1 heterocycles. The second-order valence-electron chi connectivity index (χ2n) is 2.24. The maximum Gasteiger partial charge on any atom is 0.362 e. The summed E-state index contributed by atoms with van der Waals surface area (Å²) in [7, 11) is 0. The van der Waals surface area contributed by atoms with Crippen molar-refractivity contribution in [3.63, 3.8) is 0 Å². The SMILES string of the molecule is C/C(=N/[NH+]=C(N)N)c1ccco1. The fourth-order valence-corrected chi connectivity index (χ4v) is 0.688. The van der Waals surface area contributed by atoms with Crippen molar-refractivity contribution >= 4 is 11.7 Å². The average Bonchev–Trinajstić information content (AvgIpc) is 2.51. The predicted octanol–water partition coefficient (Wildman–Crippen LogP) is -1.64. The first-order valence-electron chi connectivity index (χ1n) is 3.42. The number of nitrogens with two attached hydrogens (primary N) is 2. The quantitative estimate of drug-likeness (QED) is 0.280. The molecule has 12 heavy (non-hydrogen) atoms. The van der Waals surface area contributed by atoms with E-state index in [4.69, 9.17) is 15.9 Å². The van der Waals surface area contributed by atoms with Gasteiger partial charge in [0, 0.05) is 0 Å². The summed E-state index contributed by atoms with van der Waals surface area (Å²) in [6, 6.07) is 3.58. The molecule has 5 N–H and O–H groups in total. The molecule has 0 unspecified atom stereocenters. The Labute approximate surface area is 69.8 Å².